The van der Waals surface area contributed by atoms with E-state index >= 15 is 0 Å². The third kappa shape index (κ3) is 5.25. The Kier molecular flexibility index (Phi) is 6.79. The maximum atomic E-state index is 13.3. The Morgan fingerprint density at radius 1 is 1.09 bits per heavy atom. The highest BCUT2D eigenvalue weighted by atomic mass is 16.5. The molecule has 1 aromatic heterocycles. The first-order valence-corrected chi connectivity index (χ1v) is 11.0. The molecular weight excluding hydrogens is 420 g/mol. The van der Waals surface area contributed by atoms with Gasteiger partial charge in [-0.3, -0.25) is 9.59 Å². The number of aryl methyl sites for hydroxylation is 1. The molecule has 1 aliphatic heterocycles. The van der Waals surface area contributed by atoms with Crippen LogP contribution in [0.4, 0.5) is 0 Å². The highest BCUT2D eigenvalue weighted by Gasteiger charge is 2.45. The van der Waals surface area contributed by atoms with Crippen molar-refractivity contribution in [2.45, 2.75) is 25.0 Å². The van der Waals surface area contributed by atoms with Crippen molar-refractivity contribution in [3.05, 3.63) is 66.5 Å². The Morgan fingerprint density at radius 3 is 2.61 bits per heavy atom. The fourth-order valence-corrected chi connectivity index (χ4v) is 4.19. The van der Waals surface area contributed by atoms with Gasteiger partial charge in [-0.25, -0.2) is 4.68 Å². The summed E-state index contributed by atoms with van der Waals surface area (Å²) in [4.78, 5) is 29.5. The molecular formula is C24H28N6O3. The number of rotatable bonds is 7. The van der Waals surface area contributed by atoms with E-state index in [9.17, 15) is 9.59 Å². The van der Waals surface area contributed by atoms with Crippen LogP contribution in [0, 0.1) is 0 Å². The van der Waals surface area contributed by atoms with Gasteiger partial charge in [0.05, 0.1) is 19.7 Å². The zero-order chi connectivity index (χ0) is 23.3. The zero-order valence-electron chi connectivity index (χ0n) is 18.9. The van der Waals surface area contributed by atoms with Crippen molar-refractivity contribution in [1.29, 1.82) is 0 Å². The van der Waals surface area contributed by atoms with E-state index in [1.807, 2.05) is 30.3 Å². The number of nitrogens with zero attached hydrogens (tertiary/aromatic N) is 6. The molecule has 0 saturated carbocycles. The number of likely N-dealkylation sites (N-methyl/N-ethyl adjacent to an activating group) is 1. The molecule has 0 aliphatic carbocycles. The second kappa shape index (κ2) is 9.91. The van der Waals surface area contributed by atoms with E-state index in [2.05, 4.69) is 39.8 Å². The molecule has 0 N–H and O–H groups in total. The van der Waals surface area contributed by atoms with Crippen molar-refractivity contribution < 1.29 is 14.3 Å². The first-order valence-electron chi connectivity index (χ1n) is 11.0. The second-order valence-corrected chi connectivity index (χ2v) is 8.42. The van der Waals surface area contributed by atoms with Crippen molar-refractivity contribution >= 4 is 11.8 Å². The molecule has 0 radical (unpaired) electrons. The average molecular weight is 449 g/mol. The minimum atomic E-state index is -1.14. The molecule has 4 rings (SSSR count). The largest absolute Gasteiger partial charge is 0.361 e. The highest BCUT2D eigenvalue weighted by molar-refractivity contribution is 5.87. The van der Waals surface area contributed by atoms with Crippen LogP contribution in [-0.2, 0) is 27.3 Å². The third-order valence-corrected chi connectivity index (χ3v) is 5.80. The van der Waals surface area contributed by atoms with E-state index in [4.69, 9.17) is 4.74 Å². The number of hydrogen-bond donors (Lipinski definition) is 0. The topological polar surface area (TPSA) is 93.5 Å². The summed E-state index contributed by atoms with van der Waals surface area (Å²) < 4.78 is 7.67. The summed E-state index contributed by atoms with van der Waals surface area (Å²) in [7, 11) is 3.43. The molecule has 172 valence electrons. The van der Waals surface area contributed by atoms with Gasteiger partial charge in [0.1, 0.15) is 6.33 Å². The summed E-state index contributed by atoms with van der Waals surface area (Å²) in [5.41, 5.74) is 2.03. The number of benzene rings is 2. The molecule has 33 heavy (non-hydrogen) atoms. The number of aromatic nitrogens is 4. The Balaban J connectivity index is 1.55. The van der Waals surface area contributed by atoms with Crippen LogP contribution in [0.3, 0.4) is 0 Å². The van der Waals surface area contributed by atoms with E-state index in [0.717, 1.165) is 16.7 Å². The van der Waals surface area contributed by atoms with E-state index in [1.165, 1.54) is 15.9 Å². The number of tetrazole rings is 1. The van der Waals surface area contributed by atoms with Crippen LogP contribution >= 0.6 is 0 Å². The quantitative estimate of drug-likeness (QED) is 0.546. The standard InChI is InChI=1S/C24H28N6O3/c1-28(2)23(32)24(16-19-7-6-10-21(15-19)20-8-4-3-5-9-20)17-29(13-14-33-24)22(31)11-12-30-18-25-26-27-30/h3-10,15,18H,11-14,16-17H2,1-2H3/t24-/m0/s1. The molecule has 2 aromatic carbocycles. The summed E-state index contributed by atoms with van der Waals surface area (Å²) in [6.07, 6.45) is 2.11. The lowest BCUT2D eigenvalue weighted by Crippen LogP contribution is -2.61. The zero-order valence-corrected chi connectivity index (χ0v) is 18.9. The lowest BCUT2D eigenvalue weighted by Gasteiger charge is -2.43. The Morgan fingerprint density at radius 2 is 1.88 bits per heavy atom. The number of ether oxygens (including phenoxy) is 1. The van der Waals surface area contributed by atoms with E-state index < -0.39 is 5.60 Å². The molecule has 3 aromatic rings. The molecule has 1 atom stereocenters. The minimum Gasteiger partial charge on any atom is -0.361 e. The van der Waals surface area contributed by atoms with Gasteiger partial charge < -0.3 is 14.5 Å². The normalized spacial score (nSPS) is 18.2. The summed E-state index contributed by atoms with van der Waals surface area (Å²) >= 11 is 0. The summed E-state index contributed by atoms with van der Waals surface area (Å²) in [6, 6.07) is 18.2. The van der Waals surface area contributed by atoms with Crippen LogP contribution in [0.1, 0.15) is 12.0 Å². The molecule has 1 aliphatic rings. The average Bonchev–Trinajstić information content (AvgIpc) is 3.36. The van der Waals surface area contributed by atoms with Gasteiger partial charge in [-0.05, 0) is 27.1 Å². The predicted octanol–water partition coefficient (Wildman–Crippen LogP) is 1.66. The fourth-order valence-electron chi connectivity index (χ4n) is 4.19. The molecule has 9 nitrogen and oxygen atoms in total. The van der Waals surface area contributed by atoms with Gasteiger partial charge in [0.25, 0.3) is 5.91 Å². The van der Waals surface area contributed by atoms with Crippen molar-refractivity contribution in [2.75, 3.05) is 33.8 Å². The first-order chi connectivity index (χ1) is 16.0. The summed E-state index contributed by atoms with van der Waals surface area (Å²) in [5.74, 6) is -0.201. The maximum absolute atomic E-state index is 13.3. The smallest absolute Gasteiger partial charge is 0.256 e. The Hall–Kier alpha value is -3.59. The third-order valence-electron chi connectivity index (χ3n) is 5.80. The second-order valence-electron chi connectivity index (χ2n) is 8.42. The molecule has 9 heteroatoms. The van der Waals surface area contributed by atoms with Crippen molar-refractivity contribution in [1.82, 2.24) is 30.0 Å². The van der Waals surface area contributed by atoms with Gasteiger partial charge in [0, 0.05) is 33.5 Å². The number of carbonyl (C=O) groups is 2. The first kappa shape index (κ1) is 22.6. The molecule has 1 fully saturated rings. The molecule has 0 spiro atoms. The lowest BCUT2D eigenvalue weighted by atomic mass is 9.89. The van der Waals surface area contributed by atoms with Crippen LogP contribution in [0.2, 0.25) is 0 Å². The number of hydrogen-bond acceptors (Lipinski definition) is 6. The van der Waals surface area contributed by atoms with Gasteiger partial charge in [-0.15, -0.1) is 5.10 Å². The number of carbonyl (C=O) groups excluding carboxylic acids is 2. The van der Waals surface area contributed by atoms with Crippen LogP contribution < -0.4 is 0 Å². The summed E-state index contributed by atoms with van der Waals surface area (Å²) in [6.45, 7) is 1.33. The monoisotopic (exact) mass is 448 g/mol. The SMILES string of the molecule is CN(C)C(=O)[C@]1(Cc2cccc(-c3ccccc3)c2)CN(C(=O)CCn2cnnn2)CCO1. The van der Waals surface area contributed by atoms with E-state index in [1.54, 1.807) is 19.0 Å². The number of morpholine rings is 1. The molecule has 0 bridgehead atoms. The van der Waals surface area contributed by atoms with Gasteiger partial charge in [-0.1, -0.05) is 54.6 Å². The van der Waals surface area contributed by atoms with Gasteiger partial charge in [0.2, 0.25) is 5.91 Å². The van der Waals surface area contributed by atoms with Crippen LogP contribution in [0.5, 0.6) is 0 Å². The van der Waals surface area contributed by atoms with Crippen molar-refractivity contribution in [2.24, 2.45) is 0 Å². The Bertz CT molecular complexity index is 1090. The number of amides is 2. The molecule has 2 heterocycles. The van der Waals surface area contributed by atoms with Crippen molar-refractivity contribution in [3.63, 3.8) is 0 Å². The van der Waals surface area contributed by atoms with E-state index in [0.29, 0.717) is 26.1 Å². The van der Waals surface area contributed by atoms with Crippen LogP contribution in [-0.4, -0.2) is 81.2 Å². The predicted molar refractivity (Wildman–Crippen MR) is 122 cm³/mol. The van der Waals surface area contributed by atoms with Gasteiger partial charge >= 0.3 is 0 Å². The Labute approximate surface area is 192 Å². The lowest BCUT2D eigenvalue weighted by molar-refractivity contribution is -0.172. The van der Waals surface area contributed by atoms with Crippen molar-refractivity contribution in [3.8, 4) is 11.1 Å². The molecule has 2 amide bonds. The van der Waals surface area contributed by atoms with Crippen LogP contribution in [0.15, 0.2) is 60.9 Å². The van der Waals surface area contributed by atoms with Crippen LogP contribution in [0.25, 0.3) is 11.1 Å². The van der Waals surface area contributed by atoms with E-state index in [-0.39, 0.29) is 24.8 Å². The maximum Gasteiger partial charge on any atom is 0.256 e. The highest BCUT2D eigenvalue weighted by Crippen LogP contribution is 2.28. The fraction of sp³-hybridized carbons (Fsp3) is 0.375. The summed E-state index contributed by atoms with van der Waals surface area (Å²) in [5, 5.41) is 11.0. The van der Waals surface area contributed by atoms with Gasteiger partial charge in [-0.2, -0.15) is 0 Å². The minimum absolute atomic E-state index is 0.0530. The van der Waals surface area contributed by atoms with Gasteiger partial charge in [0.15, 0.2) is 5.60 Å². The molecule has 1 saturated heterocycles. The molecule has 0 unspecified atom stereocenters.